The van der Waals surface area contributed by atoms with Gasteiger partial charge in [0.05, 0.1) is 6.54 Å². The summed E-state index contributed by atoms with van der Waals surface area (Å²) in [4.78, 5) is 2.59. The van der Waals surface area contributed by atoms with Crippen LogP contribution in [0.4, 0.5) is 0 Å². The Hall–Kier alpha value is -0.940. The van der Waals surface area contributed by atoms with Crippen molar-refractivity contribution in [2.45, 2.75) is 45.3 Å². The van der Waals surface area contributed by atoms with Crippen molar-refractivity contribution < 1.29 is 0 Å². The first-order valence-electron chi connectivity index (χ1n) is 7.07. The molecule has 0 saturated carbocycles. The maximum Gasteiger partial charge on any atom is 0.147 e. The average molecular weight is 249 g/mol. The molecule has 1 N–H and O–H groups in total. The van der Waals surface area contributed by atoms with Crippen molar-refractivity contribution >= 4 is 0 Å². The highest BCUT2D eigenvalue weighted by atomic mass is 15.3. The minimum atomic E-state index is 0.442. The van der Waals surface area contributed by atoms with Crippen molar-refractivity contribution in [2.24, 2.45) is 5.92 Å². The Kier molecular flexibility index (Phi) is 3.35. The van der Waals surface area contributed by atoms with Gasteiger partial charge in [-0.2, -0.15) is 0 Å². The number of hydrogen-bond donors (Lipinski definition) is 1. The summed E-state index contributed by atoms with van der Waals surface area (Å²) in [5.74, 6) is 1.93. The zero-order chi connectivity index (χ0) is 12.5. The lowest BCUT2D eigenvalue weighted by Gasteiger charge is -2.35. The maximum absolute atomic E-state index is 4.30. The van der Waals surface area contributed by atoms with Crippen LogP contribution in [0.5, 0.6) is 0 Å². The van der Waals surface area contributed by atoms with E-state index in [1.165, 1.54) is 25.9 Å². The number of piperidine rings is 1. The molecular formula is C13H23N5. The highest BCUT2D eigenvalue weighted by Gasteiger charge is 2.31. The standard InChI is InChI=1S/C13H23N5/c1-10(2)18-9-15-16-13(18)8-17-7-11-3-4-12(17)6-14-5-11/h9-12,14H,3-8H2,1-2H3/t11-,12+/m1/s1. The van der Waals surface area contributed by atoms with Gasteiger partial charge in [0, 0.05) is 25.2 Å². The van der Waals surface area contributed by atoms with Gasteiger partial charge in [0.2, 0.25) is 0 Å². The second-order valence-electron chi connectivity index (χ2n) is 5.93. The maximum atomic E-state index is 4.30. The van der Waals surface area contributed by atoms with E-state index >= 15 is 0 Å². The van der Waals surface area contributed by atoms with Crippen LogP contribution in [-0.4, -0.2) is 45.3 Å². The zero-order valence-electron chi connectivity index (χ0n) is 11.3. The molecule has 3 fully saturated rings. The van der Waals surface area contributed by atoms with Crippen LogP contribution < -0.4 is 5.32 Å². The fraction of sp³-hybridized carbons (Fsp3) is 0.846. The highest BCUT2D eigenvalue weighted by molar-refractivity contribution is 4.94. The Balaban J connectivity index is 1.74. The molecule has 3 aliphatic rings. The Morgan fingerprint density at radius 3 is 3.11 bits per heavy atom. The fourth-order valence-corrected chi connectivity index (χ4v) is 3.22. The van der Waals surface area contributed by atoms with Crippen molar-refractivity contribution in [2.75, 3.05) is 19.6 Å². The van der Waals surface area contributed by atoms with Gasteiger partial charge in [-0.1, -0.05) is 0 Å². The monoisotopic (exact) mass is 249 g/mol. The minimum Gasteiger partial charge on any atom is -0.315 e. The highest BCUT2D eigenvalue weighted by Crippen LogP contribution is 2.25. The molecule has 0 spiro atoms. The third-order valence-corrected chi connectivity index (χ3v) is 4.28. The van der Waals surface area contributed by atoms with Crippen LogP contribution in [0.3, 0.4) is 0 Å². The largest absolute Gasteiger partial charge is 0.315 e. The first-order valence-corrected chi connectivity index (χ1v) is 7.07. The molecule has 4 heterocycles. The van der Waals surface area contributed by atoms with Gasteiger partial charge in [0.1, 0.15) is 12.2 Å². The second-order valence-corrected chi connectivity index (χ2v) is 5.93. The van der Waals surface area contributed by atoms with E-state index in [-0.39, 0.29) is 0 Å². The number of rotatable bonds is 3. The second kappa shape index (κ2) is 4.97. The summed E-state index contributed by atoms with van der Waals surface area (Å²) in [6.45, 7) is 8.84. The van der Waals surface area contributed by atoms with Crippen LogP contribution >= 0.6 is 0 Å². The molecule has 0 aliphatic carbocycles. The van der Waals surface area contributed by atoms with Crippen molar-refractivity contribution in [3.8, 4) is 0 Å². The van der Waals surface area contributed by atoms with Crippen LogP contribution in [0.25, 0.3) is 0 Å². The van der Waals surface area contributed by atoms with Gasteiger partial charge in [-0.3, -0.25) is 4.90 Å². The molecule has 0 radical (unpaired) electrons. The van der Waals surface area contributed by atoms with Crippen molar-refractivity contribution in [1.29, 1.82) is 0 Å². The van der Waals surface area contributed by atoms with Gasteiger partial charge in [0.25, 0.3) is 0 Å². The molecule has 1 aromatic heterocycles. The van der Waals surface area contributed by atoms with E-state index in [9.17, 15) is 0 Å². The first kappa shape index (κ1) is 12.1. The predicted octanol–water partition coefficient (Wildman–Crippen LogP) is 1.04. The average Bonchev–Trinajstić information content (AvgIpc) is 2.58. The molecule has 100 valence electrons. The van der Waals surface area contributed by atoms with E-state index in [0.29, 0.717) is 12.1 Å². The summed E-state index contributed by atoms with van der Waals surface area (Å²) in [6.07, 6.45) is 4.56. The molecular weight excluding hydrogens is 226 g/mol. The molecule has 18 heavy (non-hydrogen) atoms. The minimum absolute atomic E-state index is 0.442. The van der Waals surface area contributed by atoms with Gasteiger partial charge >= 0.3 is 0 Å². The topological polar surface area (TPSA) is 46.0 Å². The van der Waals surface area contributed by atoms with Crippen LogP contribution in [0.1, 0.15) is 38.6 Å². The van der Waals surface area contributed by atoms with Crippen LogP contribution in [-0.2, 0) is 6.54 Å². The predicted molar refractivity (Wildman–Crippen MR) is 70.2 cm³/mol. The van der Waals surface area contributed by atoms with Crippen molar-refractivity contribution in [1.82, 2.24) is 25.0 Å². The molecule has 0 aromatic carbocycles. The van der Waals surface area contributed by atoms with Gasteiger partial charge in [-0.15, -0.1) is 10.2 Å². The molecule has 1 aromatic rings. The van der Waals surface area contributed by atoms with Crippen LogP contribution in [0, 0.1) is 5.92 Å². The summed E-state index contributed by atoms with van der Waals surface area (Å²) in [7, 11) is 0. The smallest absolute Gasteiger partial charge is 0.147 e. The Labute approximate surface area is 109 Å². The fourth-order valence-electron chi connectivity index (χ4n) is 3.22. The summed E-state index contributed by atoms with van der Waals surface area (Å²) in [5, 5.41) is 11.9. The molecule has 3 saturated heterocycles. The first-order chi connectivity index (χ1) is 8.74. The molecule has 4 rings (SSSR count). The lowest BCUT2D eigenvalue weighted by Crippen LogP contribution is -2.43. The van der Waals surface area contributed by atoms with E-state index in [1.54, 1.807) is 0 Å². The lowest BCUT2D eigenvalue weighted by molar-refractivity contribution is 0.121. The molecule has 5 nitrogen and oxygen atoms in total. The molecule has 2 bridgehead atoms. The van der Waals surface area contributed by atoms with Crippen LogP contribution in [0.15, 0.2) is 6.33 Å². The number of aromatic nitrogens is 3. The third-order valence-electron chi connectivity index (χ3n) is 4.28. The van der Waals surface area contributed by atoms with Gasteiger partial charge < -0.3 is 9.88 Å². The third kappa shape index (κ3) is 2.29. The van der Waals surface area contributed by atoms with Crippen molar-refractivity contribution in [3.63, 3.8) is 0 Å². The number of nitrogens with zero attached hydrogens (tertiary/aromatic N) is 4. The van der Waals surface area contributed by atoms with E-state index < -0.39 is 0 Å². The Morgan fingerprint density at radius 1 is 1.39 bits per heavy atom. The quantitative estimate of drug-likeness (QED) is 0.869. The molecule has 0 amide bonds. The van der Waals surface area contributed by atoms with Crippen LogP contribution in [0.2, 0.25) is 0 Å². The SMILES string of the molecule is CC(C)n1cnnc1CN1C[C@@H]2CC[C@H]1CNC2. The van der Waals surface area contributed by atoms with E-state index in [2.05, 4.69) is 38.8 Å². The summed E-state index contributed by atoms with van der Waals surface area (Å²) < 4.78 is 2.19. The van der Waals surface area contributed by atoms with Crippen molar-refractivity contribution in [3.05, 3.63) is 12.2 Å². The van der Waals surface area contributed by atoms with Gasteiger partial charge in [0.15, 0.2) is 0 Å². The summed E-state index contributed by atoms with van der Waals surface area (Å²) >= 11 is 0. The summed E-state index contributed by atoms with van der Waals surface area (Å²) in [5.41, 5.74) is 0. The van der Waals surface area contributed by atoms with E-state index in [1.807, 2.05) is 6.33 Å². The molecule has 5 heteroatoms. The lowest BCUT2D eigenvalue weighted by atomic mass is 9.95. The van der Waals surface area contributed by atoms with E-state index in [4.69, 9.17) is 0 Å². The normalized spacial score (nSPS) is 28.8. The molecule has 3 aliphatic heterocycles. The molecule has 2 atom stereocenters. The Bertz CT molecular complexity index is 396. The zero-order valence-corrected chi connectivity index (χ0v) is 11.3. The number of nitrogens with one attached hydrogen (secondary N) is 1. The number of hydrogen-bond acceptors (Lipinski definition) is 4. The van der Waals surface area contributed by atoms with Gasteiger partial charge in [-0.25, -0.2) is 0 Å². The number of fused-ring (bicyclic) bond motifs is 4. The molecule has 0 unspecified atom stereocenters. The summed E-state index contributed by atoms with van der Waals surface area (Å²) in [6, 6.07) is 1.12. The van der Waals surface area contributed by atoms with Gasteiger partial charge in [-0.05, 0) is 39.2 Å². The Morgan fingerprint density at radius 2 is 2.28 bits per heavy atom. The van der Waals surface area contributed by atoms with E-state index in [0.717, 1.165) is 24.8 Å².